The number of benzene rings is 3. The fourth-order valence-corrected chi connectivity index (χ4v) is 9.02. The van der Waals surface area contributed by atoms with Crippen LogP contribution in [0.5, 0.6) is 23.0 Å². The van der Waals surface area contributed by atoms with E-state index in [1.165, 1.54) is 0 Å². The maximum atomic E-state index is 11.6. The first-order valence-corrected chi connectivity index (χ1v) is 21.3. The fraction of sp³-hybridized carbons (Fsp3) is 0.588. The van der Waals surface area contributed by atoms with E-state index in [4.69, 9.17) is 8.85 Å². The van der Waals surface area contributed by atoms with Crippen molar-refractivity contribution in [1.82, 2.24) is 0 Å². The topological polar surface area (TPSA) is 99.4 Å². The summed E-state index contributed by atoms with van der Waals surface area (Å²) < 4.78 is 13.4. The molecular formula is C34H50O6Si2. The molecule has 8 heteroatoms. The van der Waals surface area contributed by atoms with Gasteiger partial charge in [0.2, 0.25) is 0 Å². The Balaban J connectivity index is 1.56. The van der Waals surface area contributed by atoms with Gasteiger partial charge in [-0.05, 0) is 74.1 Å². The number of rotatable bonds is 4. The van der Waals surface area contributed by atoms with Gasteiger partial charge in [-0.2, -0.15) is 0 Å². The molecule has 4 N–H and O–H groups in total. The van der Waals surface area contributed by atoms with Crippen LogP contribution in [0, 0.1) is 0 Å². The molecule has 6 nitrogen and oxygen atoms in total. The van der Waals surface area contributed by atoms with Crippen molar-refractivity contribution < 1.29 is 29.3 Å². The summed E-state index contributed by atoms with van der Waals surface area (Å²) in [6, 6.07) is 3.46. The predicted molar refractivity (Wildman–Crippen MR) is 176 cm³/mol. The van der Waals surface area contributed by atoms with Crippen LogP contribution in [0.3, 0.4) is 0 Å². The summed E-state index contributed by atoms with van der Waals surface area (Å²) in [5.41, 5.74) is 2.95. The molecule has 230 valence electrons. The summed E-state index contributed by atoms with van der Waals surface area (Å²) in [6.45, 7) is 22.3. The number of phenols is 4. The molecule has 0 aromatic heterocycles. The van der Waals surface area contributed by atoms with E-state index in [1.54, 1.807) is 12.1 Å². The molecule has 2 atom stereocenters. The molecule has 0 fully saturated rings. The first-order chi connectivity index (χ1) is 19.2. The number of hydrogen-bond donors (Lipinski definition) is 4. The van der Waals surface area contributed by atoms with Crippen molar-refractivity contribution in [3.8, 4) is 23.0 Å². The highest BCUT2D eigenvalue weighted by Gasteiger charge is 2.42. The molecule has 0 saturated heterocycles. The minimum Gasteiger partial charge on any atom is -0.507 e. The molecule has 3 aromatic carbocycles. The molecule has 42 heavy (non-hydrogen) atoms. The van der Waals surface area contributed by atoms with Crippen LogP contribution >= 0.6 is 0 Å². The molecule has 0 spiro atoms. The Morgan fingerprint density at radius 3 is 1.12 bits per heavy atom. The third kappa shape index (κ3) is 5.12. The highest BCUT2D eigenvalue weighted by molar-refractivity contribution is 6.74. The van der Waals surface area contributed by atoms with E-state index in [0.29, 0.717) is 47.2 Å². The molecule has 3 aromatic rings. The maximum absolute atomic E-state index is 11.6. The SMILES string of the molecule is CC(C)(C)[Si](C)(C)OC1CCc2c(c(O)c3cc4c(O)c5c(c(O)c4cc3c2O)CC(O[Si](C)(C)C(C)(C)C)CC5)C1. The number of hydrogen-bond acceptors (Lipinski definition) is 6. The van der Waals surface area contributed by atoms with Gasteiger partial charge in [-0.3, -0.25) is 0 Å². The second-order valence-electron chi connectivity index (χ2n) is 15.7. The van der Waals surface area contributed by atoms with Crippen molar-refractivity contribution in [3.05, 3.63) is 34.4 Å². The van der Waals surface area contributed by atoms with Crippen LogP contribution in [0.1, 0.15) is 76.6 Å². The Kier molecular flexibility index (Phi) is 7.53. The van der Waals surface area contributed by atoms with Crippen LogP contribution in [-0.2, 0) is 34.5 Å². The van der Waals surface area contributed by atoms with Gasteiger partial charge in [-0.15, -0.1) is 0 Å². The lowest BCUT2D eigenvalue weighted by molar-refractivity contribution is 0.163. The molecule has 2 aliphatic rings. The van der Waals surface area contributed by atoms with E-state index in [0.717, 1.165) is 35.1 Å². The summed E-state index contributed by atoms with van der Waals surface area (Å²) in [5, 5.41) is 48.1. The van der Waals surface area contributed by atoms with Crippen molar-refractivity contribution in [1.29, 1.82) is 0 Å². The van der Waals surface area contributed by atoms with E-state index >= 15 is 0 Å². The molecule has 0 amide bonds. The van der Waals surface area contributed by atoms with Gasteiger partial charge >= 0.3 is 0 Å². The molecule has 2 aliphatic carbocycles. The van der Waals surface area contributed by atoms with Gasteiger partial charge in [-0.25, -0.2) is 0 Å². The van der Waals surface area contributed by atoms with Gasteiger partial charge in [0, 0.05) is 68.8 Å². The lowest BCUT2D eigenvalue weighted by atomic mass is 9.83. The minimum absolute atomic E-state index is 0.0208. The van der Waals surface area contributed by atoms with Crippen molar-refractivity contribution >= 4 is 38.2 Å². The standard InChI is InChI=1S/C34H50O6Si2/c1-33(2,3)41(7,8)39-19-11-13-21-23(15-19)31(37)27-17-26-28(18-25(27)29(21)35)32(38)24-16-20(12-14-22(24)30(26)36)40-42(9,10)34(4,5)6/h17-20,35-38H,11-16H2,1-10H3. The molecular weight excluding hydrogens is 561 g/mol. The van der Waals surface area contributed by atoms with E-state index in [9.17, 15) is 20.4 Å². The van der Waals surface area contributed by atoms with Gasteiger partial charge in [-0.1, -0.05) is 41.5 Å². The van der Waals surface area contributed by atoms with Crippen LogP contribution in [0.25, 0.3) is 21.5 Å². The number of aromatic hydroxyl groups is 4. The van der Waals surface area contributed by atoms with Crippen molar-refractivity contribution in [2.45, 2.75) is 129 Å². The Morgan fingerprint density at radius 1 is 0.548 bits per heavy atom. The quantitative estimate of drug-likeness (QED) is 0.134. The minimum atomic E-state index is -2.00. The molecule has 0 bridgehead atoms. The van der Waals surface area contributed by atoms with E-state index in [2.05, 4.69) is 67.7 Å². The van der Waals surface area contributed by atoms with Gasteiger partial charge in [0.15, 0.2) is 16.6 Å². The Hall–Kier alpha value is -2.27. The number of fused-ring (bicyclic) bond motifs is 4. The van der Waals surface area contributed by atoms with Crippen LogP contribution in [0.15, 0.2) is 12.1 Å². The second-order valence-corrected chi connectivity index (χ2v) is 25.3. The smallest absolute Gasteiger partial charge is 0.192 e. The van der Waals surface area contributed by atoms with Gasteiger partial charge in [0.25, 0.3) is 0 Å². The van der Waals surface area contributed by atoms with Crippen LogP contribution in [-0.4, -0.2) is 49.3 Å². The van der Waals surface area contributed by atoms with E-state index in [1.807, 2.05) is 0 Å². The monoisotopic (exact) mass is 610 g/mol. The summed E-state index contributed by atoms with van der Waals surface area (Å²) in [7, 11) is -4.00. The highest BCUT2D eigenvalue weighted by Crippen LogP contribution is 2.50. The van der Waals surface area contributed by atoms with Crippen LogP contribution < -0.4 is 0 Å². The maximum Gasteiger partial charge on any atom is 0.192 e. The van der Waals surface area contributed by atoms with Crippen LogP contribution in [0.2, 0.25) is 36.3 Å². The predicted octanol–water partition coefficient (Wildman–Crippen LogP) is 8.57. The highest BCUT2D eigenvalue weighted by atomic mass is 28.4. The summed E-state index contributed by atoms with van der Waals surface area (Å²) in [5.74, 6) is 0.535. The summed E-state index contributed by atoms with van der Waals surface area (Å²) >= 11 is 0. The lowest BCUT2D eigenvalue weighted by Gasteiger charge is -2.41. The first kappa shape index (κ1) is 31.2. The zero-order valence-corrected chi connectivity index (χ0v) is 29.2. The van der Waals surface area contributed by atoms with Gasteiger partial charge in [0.1, 0.15) is 23.0 Å². The molecule has 5 rings (SSSR count). The Morgan fingerprint density at radius 2 is 0.833 bits per heavy atom. The fourth-order valence-electron chi connectivity index (χ4n) is 6.24. The summed E-state index contributed by atoms with van der Waals surface area (Å²) in [6.07, 6.45) is 3.80. The average molecular weight is 611 g/mol. The van der Waals surface area contributed by atoms with Crippen LogP contribution in [0.4, 0.5) is 0 Å². The molecule has 2 unspecified atom stereocenters. The van der Waals surface area contributed by atoms with Crippen molar-refractivity contribution in [2.24, 2.45) is 0 Å². The molecule has 0 heterocycles. The average Bonchev–Trinajstić information content (AvgIpc) is 2.88. The largest absolute Gasteiger partial charge is 0.507 e. The third-order valence-corrected chi connectivity index (χ3v) is 20.0. The number of phenolic OH excluding ortho intramolecular Hbond substituents is 4. The van der Waals surface area contributed by atoms with Crippen molar-refractivity contribution in [2.75, 3.05) is 0 Å². The van der Waals surface area contributed by atoms with E-state index in [-0.39, 0.29) is 45.3 Å². The Bertz CT molecular complexity index is 1440. The zero-order valence-electron chi connectivity index (χ0n) is 27.2. The van der Waals surface area contributed by atoms with Gasteiger partial charge in [0.05, 0.1) is 0 Å². The first-order valence-electron chi connectivity index (χ1n) is 15.5. The molecule has 0 saturated carbocycles. The normalized spacial score (nSPS) is 20.1. The Labute approximate surface area is 252 Å². The molecule has 0 aliphatic heterocycles. The summed E-state index contributed by atoms with van der Waals surface area (Å²) in [4.78, 5) is 0. The zero-order chi connectivity index (χ0) is 31.2. The van der Waals surface area contributed by atoms with E-state index < -0.39 is 16.6 Å². The third-order valence-electron chi connectivity index (χ3n) is 10.9. The molecule has 0 radical (unpaired) electrons. The second kappa shape index (κ2) is 10.1. The lowest BCUT2D eigenvalue weighted by Crippen LogP contribution is -2.45. The van der Waals surface area contributed by atoms with Crippen molar-refractivity contribution in [3.63, 3.8) is 0 Å². The van der Waals surface area contributed by atoms with Gasteiger partial charge < -0.3 is 29.3 Å².